The van der Waals surface area contributed by atoms with E-state index in [1.54, 1.807) is 19.3 Å². The first-order valence-electron chi connectivity index (χ1n) is 9.97. The van der Waals surface area contributed by atoms with Crippen LogP contribution in [0, 0.1) is 11.8 Å². The van der Waals surface area contributed by atoms with Crippen LogP contribution in [0.1, 0.15) is 30.9 Å². The average Bonchev–Trinajstić information content (AvgIpc) is 2.77. The Morgan fingerprint density at radius 3 is 2.10 bits per heavy atom. The molecule has 3 aromatic rings. The van der Waals surface area contributed by atoms with Crippen LogP contribution in [-0.2, 0) is 6.42 Å². The molecule has 0 radical (unpaired) electrons. The molecule has 30 heavy (non-hydrogen) atoms. The van der Waals surface area contributed by atoms with Crippen LogP contribution in [0.15, 0.2) is 73.6 Å². The molecule has 0 aliphatic rings. The van der Waals surface area contributed by atoms with E-state index in [4.69, 9.17) is 0 Å². The van der Waals surface area contributed by atoms with Gasteiger partial charge in [-0.15, -0.1) is 6.58 Å². The van der Waals surface area contributed by atoms with Gasteiger partial charge in [0.25, 0.3) is 0 Å². The van der Waals surface area contributed by atoms with Gasteiger partial charge in [0.1, 0.15) is 0 Å². The Morgan fingerprint density at radius 1 is 0.967 bits per heavy atom. The number of hydrogen-bond acceptors (Lipinski definition) is 2. The van der Waals surface area contributed by atoms with Crippen molar-refractivity contribution in [3.63, 3.8) is 0 Å². The Kier molecular flexibility index (Phi) is 8.15. The van der Waals surface area contributed by atoms with E-state index in [0.717, 1.165) is 29.5 Å². The second-order valence-electron chi connectivity index (χ2n) is 7.16. The van der Waals surface area contributed by atoms with E-state index >= 15 is 0 Å². The summed E-state index contributed by atoms with van der Waals surface area (Å²) in [5, 5.41) is 0. The van der Waals surface area contributed by atoms with Crippen LogP contribution in [0.4, 0.5) is 4.39 Å². The number of halogens is 2. The standard InChI is InChI=1S/C26H24FIN2/c1-3-4-20-6-9-22(10-7-20)23-11-13-24(14-12-23)26-29-17-21(18-30-26)8-16-25(28)15-5-19(2)27/h3,6-7,9-14,17-19,25H,1,4-5,15H2,2H3. The molecule has 2 atom stereocenters. The minimum Gasteiger partial charge on any atom is -0.248 e. The summed E-state index contributed by atoms with van der Waals surface area (Å²) in [6.45, 7) is 5.36. The van der Waals surface area contributed by atoms with Gasteiger partial charge in [-0.1, -0.05) is 89.0 Å². The highest BCUT2D eigenvalue weighted by atomic mass is 127. The van der Waals surface area contributed by atoms with E-state index in [2.05, 4.69) is 87.4 Å². The van der Waals surface area contributed by atoms with Gasteiger partial charge in [0.15, 0.2) is 5.82 Å². The Morgan fingerprint density at radius 2 is 1.53 bits per heavy atom. The second kappa shape index (κ2) is 11.0. The summed E-state index contributed by atoms with van der Waals surface area (Å²) in [6.07, 6.45) is 6.76. The summed E-state index contributed by atoms with van der Waals surface area (Å²) >= 11 is 2.25. The van der Waals surface area contributed by atoms with Crippen molar-refractivity contribution in [3.05, 3.63) is 84.7 Å². The molecule has 3 rings (SSSR count). The van der Waals surface area contributed by atoms with Gasteiger partial charge < -0.3 is 0 Å². The summed E-state index contributed by atoms with van der Waals surface area (Å²) in [5.41, 5.74) is 5.32. The molecule has 0 bridgehead atoms. The van der Waals surface area contributed by atoms with Crippen molar-refractivity contribution in [3.8, 4) is 34.4 Å². The molecule has 152 valence electrons. The number of alkyl halides is 2. The Labute approximate surface area is 191 Å². The number of allylic oxidation sites excluding steroid dienone is 1. The second-order valence-corrected chi connectivity index (χ2v) is 8.66. The minimum absolute atomic E-state index is 0.124. The zero-order valence-corrected chi connectivity index (χ0v) is 19.1. The fourth-order valence-corrected chi connectivity index (χ4v) is 3.48. The maximum atomic E-state index is 12.9. The van der Waals surface area contributed by atoms with Gasteiger partial charge in [0, 0.05) is 18.0 Å². The fraction of sp³-hybridized carbons (Fsp3) is 0.231. The Bertz CT molecular complexity index is 1010. The van der Waals surface area contributed by atoms with Gasteiger partial charge in [-0.25, -0.2) is 14.4 Å². The smallest absolute Gasteiger partial charge is 0.159 e. The molecular weight excluding hydrogens is 486 g/mol. The number of rotatable bonds is 7. The highest BCUT2D eigenvalue weighted by molar-refractivity contribution is 14.1. The number of hydrogen-bond donors (Lipinski definition) is 0. The van der Waals surface area contributed by atoms with E-state index in [-0.39, 0.29) is 3.92 Å². The molecule has 0 saturated heterocycles. The van der Waals surface area contributed by atoms with Gasteiger partial charge in [0.2, 0.25) is 0 Å². The third-order valence-electron chi connectivity index (χ3n) is 4.65. The van der Waals surface area contributed by atoms with Gasteiger partial charge in [-0.05, 0) is 42.9 Å². The molecule has 0 aliphatic heterocycles. The normalized spacial score (nSPS) is 12.5. The van der Waals surface area contributed by atoms with Crippen molar-refractivity contribution < 1.29 is 4.39 Å². The predicted octanol–water partition coefficient (Wildman–Crippen LogP) is 6.83. The van der Waals surface area contributed by atoms with Crippen LogP contribution < -0.4 is 0 Å². The van der Waals surface area contributed by atoms with Crippen LogP contribution in [0.2, 0.25) is 0 Å². The first-order valence-corrected chi connectivity index (χ1v) is 11.2. The maximum absolute atomic E-state index is 12.9. The molecule has 2 unspecified atom stereocenters. The van der Waals surface area contributed by atoms with Gasteiger partial charge in [0.05, 0.1) is 15.7 Å². The topological polar surface area (TPSA) is 25.8 Å². The van der Waals surface area contributed by atoms with Crippen LogP contribution in [-0.4, -0.2) is 20.1 Å². The Hall–Kier alpha value is -2.52. The van der Waals surface area contributed by atoms with Gasteiger partial charge in [-0.3, -0.25) is 0 Å². The summed E-state index contributed by atoms with van der Waals surface area (Å²) in [6, 6.07) is 16.8. The molecule has 0 N–H and O–H groups in total. The molecule has 1 aromatic heterocycles. The third kappa shape index (κ3) is 6.50. The molecular formula is C26H24FIN2. The molecule has 0 fully saturated rings. The van der Waals surface area contributed by atoms with E-state index in [0.29, 0.717) is 12.2 Å². The molecule has 0 aliphatic carbocycles. The van der Waals surface area contributed by atoms with Gasteiger partial charge >= 0.3 is 0 Å². The summed E-state index contributed by atoms with van der Waals surface area (Å²) in [7, 11) is 0. The van der Waals surface area contributed by atoms with Crippen molar-refractivity contribution in [1.29, 1.82) is 0 Å². The van der Waals surface area contributed by atoms with Crippen molar-refractivity contribution in [2.24, 2.45) is 0 Å². The zero-order chi connectivity index (χ0) is 21.3. The van der Waals surface area contributed by atoms with Crippen molar-refractivity contribution >= 4 is 22.6 Å². The highest BCUT2D eigenvalue weighted by Gasteiger charge is 2.05. The maximum Gasteiger partial charge on any atom is 0.159 e. The third-order valence-corrected chi connectivity index (χ3v) is 5.59. The first kappa shape index (κ1) is 22.2. The SMILES string of the molecule is C=CCc1ccc(-c2ccc(-c3ncc(C#CC(I)CCC(C)F)cn3)cc2)cc1. The first-order chi connectivity index (χ1) is 14.5. The largest absolute Gasteiger partial charge is 0.248 e. The Balaban J connectivity index is 1.66. The van der Waals surface area contributed by atoms with E-state index in [1.165, 1.54) is 11.1 Å². The number of benzene rings is 2. The lowest BCUT2D eigenvalue weighted by Crippen LogP contribution is -1.99. The van der Waals surface area contributed by atoms with Crippen molar-refractivity contribution in [1.82, 2.24) is 9.97 Å². The van der Waals surface area contributed by atoms with Crippen molar-refractivity contribution in [2.45, 2.75) is 36.3 Å². The van der Waals surface area contributed by atoms with Crippen molar-refractivity contribution in [2.75, 3.05) is 0 Å². The summed E-state index contributed by atoms with van der Waals surface area (Å²) in [4.78, 5) is 8.90. The quantitative estimate of drug-likeness (QED) is 0.151. The summed E-state index contributed by atoms with van der Waals surface area (Å²) in [5.74, 6) is 6.89. The minimum atomic E-state index is -0.783. The molecule has 0 amide bonds. The van der Waals surface area contributed by atoms with Gasteiger partial charge in [-0.2, -0.15) is 0 Å². The number of nitrogens with zero attached hydrogens (tertiary/aromatic N) is 2. The van der Waals surface area contributed by atoms with E-state index in [9.17, 15) is 4.39 Å². The lowest BCUT2D eigenvalue weighted by molar-refractivity contribution is 0.337. The molecule has 0 saturated carbocycles. The average molecular weight is 510 g/mol. The number of aromatic nitrogens is 2. The lowest BCUT2D eigenvalue weighted by atomic mass is 10.0. The fourth-order valence-electron chi connectivity index (χ4n) is 2.96. The van der Waals surface area contributed by atoms with Crippen LogP contribution in [0.5, 0.6) is 0 Å². The monoisotopic (exact) mass is 510 g/mol. The zero-order valence-electron chi connectivity index (χ0n) is 17.0. The lowest BCUT2D eigenvalue weighted by Gasteiger charge is -2.05. The highest BCUT2D eigenvalue weighted by Crippen LogP contribution is 2.23. The van der Waals surface area contributed by atoms with Crippen LogP contribution in [0.25, 0.3) is 22.5 Å². The molecule has 0 spiro atoms. The van der Waals surface area contributed by atoms with Crippen LogP contribution >= 0.6 is 22.6 Å². The molecule has 1 heterocycles. The van der Waals surface area contributed by atoms with Crippen LogP contribution in [0.3, 0.4) is 0 Å². The van der Waals surface area contributed by atoms with E-state index < -0.39 is 6.17 Å². The predicted molar refractivity (Wildman–Crippen MR) is 131 cm³/mol. The molecule has 2 nitrogen and oxygen atoms in total. The molecule has 4 heteroatoms. The molecule has 2 aromatic carbocycles. The van der Waals surface area contributed by atoms with E-state index in [1.807, 2.05) is 18.2 Å². The summed E-state index contributed by atoms with van der Waals surface area (Å²) < 4.78 is 13.0.